The zero-order chi connectivity index (χ0) is 15.9. The third kappa shape index (κ3) is 4.65. The third-order valence-electron chi connectivity index (χ3n) is 3.44. The Morgan fingerprint density at radius 1 is 1.09 bits per heavy atom. The number of urea groups is 1. The first kappa shape index (κ1) is 16.1. The highest BCUT2D eigenvalue weighted by Gasteiger charge is 2.24. The van der Waals surface area contributed by atoms with Gasteiger partial charge < -0.3 is 19.9 Å². The number of carbonyl (C=O) groups excluding carboxylic acids is 2. The highest BCUT2D eigenvalue weighted by atomic mass is 16.5. The number of rotatable bonds is 4. The number of ether oxygens (including phenoxy) is 1. The molecule has 3 amide bonds. The molecule has 1 saturated heterocycles. The fourth-order valence-corrected chi connectivity index (χ4v) is 2.25. The smallest absolute Gasteiger partial charge is 0.317 e. The average molecular weight is 305 g/mol. The minimum Gasteiger partial charge on any atom is -0.484 e. The summed E-state index contributed by atoms with van der Waals surface area (Å²) in [5.41, 5.74) is 0. The summed E-state index contributed by atoms with van der Waals surface area (Å²) in [7, 11) is 0. The number of nitrogens with one attached hydrogen (secondary N) is 1. The van der Waals surface area contributed by atoms with Crippen molar-refractivity contribution in [2.75, 3.05) is 32.8 Å². The van der Waals surface area contributed by atoms with Gasteiger partial charge in [-0.25, -0.2) is 4.79 Å². The molecular weight excluding hydrogens is 282 g/mol. The second-order valence-corrected chi connectivity index (χ2v) is 5.57. The van der Waals surface area contributed by atoms with E-state index in [0.717, 1.165) is 0 Å². The van der Waals surface area contributed by atoms with E-state index in [0.29, 0.717) is 31.9 Å². The van der Waals surface area contributed by atoms with Gasteiger partial charge in [0.2, 0.25) is 0 Å². The number of benzene rings is 1. The molecule has 0 aliphatic carbocycles. The molecule has 0 saturated carbocycles. The summed E-state index contributed by atoms with van der Waals surface area (Å²) in [5.74, 6) is 0.638. The van der Waals surface area contributed by atoms with Gasteiger partial charge in [-0.1, -0.05) is 18.2 Å². The van der Waals surface area contributed by atoms with Crippen LogP contribution >= 0.6 is 0 Å². The lowest BCUT2D eigenvalue weighted by atomic mass is 10.3. The third-order valence-corrected chi connectivity index (χ3v) is 3.44. The van der Waals surface area contributed by atoms with Gasteiger partial charge in [0.15, 0.2) is 6.61 Å². The molecular formula is C16H23N3O3. The van der Waals surface area contributed by atoms with E-state index < -0.39 is 0 Å². The Balaban J connectivity index is 1.74. The summed E-state index contributed by atoms with van der Waals surface area (Å²) in [6, 6.07) is 9.32. The lowest BCUT2D eigenvalue weighted by Gasteiger charge is -2.35. The first-order chi connectivity index (χ1) is 10.6. The van der Waals surface area contributed by atoms with Crippen molar-refractivity contribution in [3.8, 4) is 5.75 Å². The van der Waals surface area contributed by atoms with Gasteiger partial charge in [0.25, 0.3) is 5.91 Å². The number of nitrogens with zero attached hydrogens (tertiary/aromatic N) is 2. The largest absolute Gasteiger partial charge is 0.484 e. The zero-order valence-corrected chi connectivity index (χ0v) is 13.1. The second-order valence-electron chi connectivity index (χ2n) is 5.57. The number of carbonyl (C=O) groups is 2. The van der Waals surface area contributed by atoms with Crippen molar-refractivity contribution in [3.63, 3.8) is 0 Å². The van der Waals surface area contributed by atoms with Crippen LogP contribution in [0.1, 0.15) is 13.8 Å². The van der Waals surface area contributed by atoms with Crippen LogP contribution in [0, 0.1) is 0 Å². The van der Waals surface area contributed by atoms with Gasteiger partial charge >= 0.3 is 6.03 Å². The van der Waals surface area contributed by atoms with Crippen LogP contribution < -0.4 is 10.1 Å². The van der Waals surface area contributed by atoms with E-state index in [4.69, 9.17) is 4.74 Å². The molecule has 120 valence electrons. The number of piperazine rings is 1. The number of hydrogen-bond acceptors (Lipinski definition) is 3. The predicted octanol–water partition coefficient (Wildman–Crippen LogP) is 1.33. The maximum Gasteiger partial charge on any atom is 0.317 e. The van der Waals surface area contributed by atoms with Crippen LogP contribution in [0.3, 0.4) is 0 Å². The van der Waals surface area contributed by atoms with E-state index in [1.807, 2.05) is 44.2 Å². The monoisotopic (exact) mass is 305 g/mol. The van der Waals surface area contributed by atoms with E-state index in [1.54, 1.807) is 9.80 Å². The molecule has 0 spiro atoms. The van der Waals surface area contributed by atoms with E-state index in [9.17, 15) is 9.59 Å². The maximum absolute atomic E-state index is 12.1. The van der Waals surface area contributed by atoms with Gasteiger partial charge in [0.1, 0.15) is 5.75 Å². The predicted molar refractivity (Wildman–Crippen MR) is 83.8 cm³/mol. The van der Waals surface area contributed by atoms with Crippen LogP contribution in [0.15, 0.2) is 30.3 Å². The molecule has 1 heterocycles. The molecule has 1 aromatic carbocycles. The first-order valence-electron chi connectivity index (χ1n) is 7.57. The fraction of sp³-hybridized carbons (Fsp3) is 0.500. The summed E-state index contributed by atoms with van der Waals surface area (Å²) >= 11 is 0. The minimum absolute atomic E-state index is 0.0300. The molecule has 0 radical (unpaired) electrons. The molecule has 0 bridgehead atoms. The molecule has 1 aliphatic rings. The van der Waals surface area contributed by atoms with Crippen LogP contribution in [0.2, 0.25) is 0 Å². The molecule has 6 heteroatoms. The summed E-state index contributed by atoms with van der Waals surface area (Å²) < 4.78 is 5.46. The fourth-order valence-electron chi connectivity index (χ4n) is 2.25. The normalized spacial score (nSPS) is 14.9. The molecule has 0 atom stereocenters. The summed E-state index contributed by atoms with van der Waals surface area (Å²) in [5, 5.41) is 2.86. The van der Waals surface area contributed by atoms with Crippen LogP contribution in [-0.2, 0) is 4.79 Å². The van der Waals surface area contributed by atoms with Gasteiger partial charge in [0.05, 0.1) is 0 Å². The SMILES string of the molecule is CC(C)NC(=O)N1CCN(C(=O)COc2ccccc2)CC1. The molecule has 2 rings (SSSR count). The molecule has 1 aliphatic heterocycles. The minimum atomic E-state index is -0.0670. The van der Waals surface area contributed by atoms with Crippen LogP contribution in [0.5, 0.6) is 5.75 Å². The lowest BCUT2D eigenvalue weighted by molar-refractivity contribution is -0.134. The Morgan fingerprint density at radius 3 is 2.27 bits per heavy atom. The van der Waals surface area contributed by atoms with Gasteiger partial charge in [0, 0.05) is 32.2 Å². The van der Waals surface area contributed by atoms with Crippen molar-refractivity contribution in [1.82, 2.24) is 15.1 Å². The van der Waals surface area contributed by atoms with Gasteiger partial charge in [-0.05, 0) is 26.0 Å². The van der Waals surface area contributed by atoms with E-state index in [2.05, 4.69) is 5.32 Å². The summed E-state index contributed by atoms with van der Waals surface area (Å²) in [4.78, 5) is 27.5. The van der Waals surface area contributed by atoms with Crippen molar-refractivity contribution in [1.29, 1.82) is 0 Å². The Labute approximate surface area is 131 Å². The van der Waals surface area contributed by atoms with E-state index in [1.165, 1.54) is 0 Å². The Kier molecular flexibility index (Phi) is 5.63. The van der Waals surface area contributed by atoms with E-state index >= 15 is 0 Å². The van der Waals surface area contributed by atoms with Crippen molar-refractivity contribution in [2.24, 2.45) is 0 Å². The number of para-hydroxylation sites is 1. The Morgan fingerprint density at radius 2 is 1.68 bits per heavy atom. The van der Waals surface area contributed by atoms with Crippen molar-refractivity contribution < 1.29 is 14.3 Å². The number of hydrogen-bond donors (Lipinski definition) is 1. The van der Waals surface area contributed by atoms with Gasteiger partial charge in [-0.2, -0.15) is 0 Å². The Hall–Kier alpha value is -2.24. The second kappa shape index (κ2) is 7.68. The zero-order valence-electron chi connectivity index (χ0n) is 13.1. The van der Waals surface area contributed by atoms with Crippen molar-refractivity contribution >= 4 is 11.9 Å². The standard InChI is InChI=1S/C16H23N3O3/c1-13(2)17-16(21)19-10-8-18(9-11-19)15(20)12-22-14-6-4-3-5-7-14/h3-7,13H,8-12H2,1-2H3,(H,17,21). The molecule has 0 aromatic heterocycles. The highest BCUT2D eigenvalue weighted by Crippen LogP contribution is 2.09. The highest BCUT2D eigenvalue weighted by molar-refractivity contribution is 5.79. The van der Waals surface area contributed by atoms with Gasteiger partial charge in [-0.15, -0.1) is 0 Å². The topological polar surface area (TPSA) is 61.9 Å². The first-order valence-corrected chi connectivity index (χ1v) is 7.57. The molecule has 1 aromatic rings. The molecule has 6 nitrogen and oxygen atoms in total. The molecule has 22 heavy (non-hydrogen) atoms. The van der Waals surface area contributed by atoms with Crippen LogP contribution in [-0.4, -0.2) is 60.6 Å². The number of amides is 3. The average Bonchev–Trinajstić information content (AvgIpc) is 2.53. The molecule has 1 N–H and O–H groups in total. The van der Waals surface area contributed by atoms with E-state index in [-0.39, 0.29) is 24.6 Å². The lowest BCUT2D eigenvalue weighted by Crippen LogP contribution is -2.54. The van der Waals surface area contributed by atoms with Crippen LogP contribution in [0.4, 0.5) is 4.79 Å². The van der Waals surface area contributed by atoms with Crippen LogP contribution in [0.25, 0.3) is 0 Å². The summed E-state index contributed by atoms with van der Waals surface area (Å²) in [6.45, 7) is 6.08. The quantitative estimate of drug-likeness (QED) is 0.913. The molecule has 1 fully saturated rings. The Bertz CT molecular complexity index is 497. The van der Waals surface area contributed by atoms with Crippen molar-refractivity contribution in [3.05, 3.63) is 30.3 Å². The summed E-state index contributed by atoms with van der Waals surface area (Å²) in [6.07, 6.45) is 0. The van der Waals surface area contributed by atoms with Gasteiger partial charge in [-0.3, -0.25) is 4.79 Å². The van der Waals surface area contributed by atoms with Crippen molar-refractivity contribution in [2.45, 2.75) is 19.9 Å². The molecule has 0 unspecified atom stereocenters. The maximum atomic E-state index is 12.1.